The van der Waals surface area contributed by atoms with Crippen LogP contribution in [0.1, 0.15) is 29.4 Å². The summed E-state index contributed by atoms with van der Waals surface area (Å²) in [5.41, 5.74) is -0.0283. The molecule has 2 N–H and O–H groups in total. The molecule has 0 aromatic carbocycles. The van der Waals surface area contributed by atoms with Crippen LogP contribution in [0.5, 0.6) is 0 Å². The highest BCUT2D eigenvalue weighted by Gasteiger charge is 2.29. The number of thiophene rings is 1. The molecular formula is C13H21ClN2O4S2. The van der Waals surface area contributed by atoms with Gasteiger partial charge in [0.2, 0.25) is 10.0 Å². The van der Waals surface area contributed by atoms with Gasteiger partial charge in [-0.2, -0.15) is 0 Å². The number of piperidine rings is 1. The van der Waals surface area contributed by atoms with Crippen molar-refractivity contribution in [1.29, 1.82) is 0 Å². The maximum Gasteiger partial charge on any atom is 0.348 e. The summed E-state index contributed by atoms with van der Waals surface area (Å²) >= 11 is 1.07. The lowest BCUT2D eigenvalue weighted by Gasteiger charge is -2.33. The lowest BCUT2D eigenvalue weighted by atomic mass is 9.81. The highest BCUT2D eigenvalue weighted by atomic mass is 35.5. The second-order valence-electron chi connectivity index (χ2n) is 5.52. The van der Waals surface area contributed by atoms with Gasteiger partial charge in [-0.25, -0.2) is 17.9 Å². The van der Waals surface area contributed by atoms with Crippen LogP contribution in [0.3, 0.4) is 0 Å². The quantitative estimate of drug-likeness (QED) is 0.771. The average molecular weight is 369 g/mol. The Morgan fingerprint density at radius 1 is 1.45 bits per heavy atom. The fourth-order valence-corrected chi connectivity index (χ4v) is 4.62. The third kappa shape index (κ3) is 4.66. The van der Waals surface area contributed by atoms with Crippen molar-refractivity contribution >= 4 is 39.7 Å². The van der Waals surface area contributed by atoms with E-state index in [9.17, 15) is 13.2 Å². The summed E-state index contributed by atoms with van der Waals surface area (Å²) in [5, 5.41) is 4.72. The van der Waals surface area contributed by atoms with Crippen LogP contribution in [-0.2, 0) is 14.8 Å². The van der Waals surface area contributed by atoms with Gasteiger partial charge < -0.3 is 10.1 Å². The number of carbonyl (C=O) groups excluding carboxylic acids is 1. The number of hydrogen-bond acceptors (Lipinski definition) is 6. The van der Waals surface area contributed by atoms with Crippen LogP contribution in [0, 0.1) is 5.41 Å². The van der Waals surface area contributed by atoms with Gasteiger partial charge in [-0.05, 0) is 37.4 Å². The van der Waals surface area contributed by atoms with E-state index in [0.29, 0.717) is 6.54 Å². The van der Waals surface area contributed by atoms with E-state index in [-0.39, 0.29) is 27.6 Å². The average Bonchev–Trinajstić information content (AvgIpc) is 2.96. The third-order valence-electron chi connectivity index (χ3n) is 3.77. The van der Waals surface area contributed by atoms with Crippen molar-refractivity contribution < 1.29 is 17.9 Å². The Labute approximate surface area is 141 Å². The molecule has 1 saturated heterocycles. The highest BCUT2D eigenvalue weighted by Crippen LogP contribution is 2.28. The van der Waals surface area contributed by atoms with Gasteiger partial charge in [0, 0.05) is 11.9 Å². The summed E-state index contributed by atoms with van der Waals surface area (Å²) in [6.45, 7) is 4.30. The Kier molecular flexibility index (Phi) is 6.82. The van der Waals surface area contributed by atoms with E-state index in [0.717, 1.165) is 37.3 Å². The second-order valence-corrected chi connectivity index (χ2v) is 8.20. The Morgan fingerprint density at radius 3 is 2.68 bits per heavy atom. The smallest absolute Gasteiger partial charge is 0.348 e. The van der Waals surface area contributed by atoms with Crippen molar-refractivity contribution in [2.75, 3.05) is 26.7 Å². The predicted octanol–water partition coefficient (Wildman–Crippen LogP) is 1.62. The van der Waals surface area contributed by atoms with Gasteiger partial charge in [0.1, 0.15) is 4.88 Å². The summed E-state index contributed by atoms with van der Waals surface area (Å²) in [4.78, 5) is 11.8. The van der Waals surface area contributed by atoms with Crippen LogP contribution in [0.4, 0.5) is 0 Å². The van der Waals surface area contributed by atoms with Gasteiger partial charge in [-0.1, -0.05) is 6.92 Å². The van der Waals surface area contributed by atoms with Gasteiger partial charge in [0.15, 0.2) is 0 Å². The van der Waals surface area contributed by atoms with Crippen LogP contribution in [0.2, 0.25) is 0 Å². The van der Waals surface area contributed by atoms with Crippen molar-refractivity contribution in [2.24, 2.45) is 5.41 Å². The molecular weight excluding hydrogens is 348 g/mol. The van der Waals surface area contributed by atoms with Crippen LogP contribution in [0.25, 0.3) is 0 Å². The van der Waals surface area contributed by atoms with E-state index < -0.39 is 16.0 Å². The molecule has 0 amide bonds. The maximum absolute atomic E-state index is 12.3. The summed E-state index contributed by atoms with van der Waals surface area (Å²) in [5.74, 6) is -0.522. The van der Waals surface area contributed by atoms with Gasteiger partial charge >= 0.3 is 5.97 Å². The molecule has 126 valence electrons. The van der Waals surface area contributed by atoms with E-state index in [1.54, 1.807) is 0 Å². The zero-order chi connectivity index (χ0) is 15.5. The molecule has 2 heterocycles. The Balaban J connectivity index is 0.00000242. The molecule has 9 heteroatoms. The molecule has 6 nitrogen and oxygen atoms in total. The van der Waals surface area contributed by atoms with Gasteiger partial charge in [-0.15, -0.1) is 23.7 Å². The summed E-state index contributed by atoms with van der Waals surface area (Å²) in [6.07, 6.45) is 1.87. The molecule has 2 rings (SSSR count). The summed E-state index contributed by atoms with van der Waals surface area (Å²) < 4.78 is 31.8. The molecule has 0 atom stereocenters. The van der Waals surface area contributed by atoms with Crippen LogP contribution >= 0.6 is 23.7 Å². The molecule has 1 aliphatic heterocycles. The molecule has 22 heavy (non-hydrogen) atoms. The molecule has 0 spiro atoms. The molecule has 1 aliphatic rings. The van der Waals surface area contributed by atoms with Crippen LogP contribution < -0.4 is 10.0 Å². The van der Waals surface area contributed by atoms with E-state index >= 15 is 0 Å². The van der Waals surface area contributed by atoms with Crippen molar-refractivity contribution in [3.05, 3.63) is 16.3 Å². The number of methoxy groups -OCH3 is 1. The van der Waals surface area contributed by atoms with Crippen LogP contribution in [0.15, 0.2) is 16.3 Å². The monoisotopic (exact) mass is 368 g/mol. The Hall–Kier alpha value is -0.670. The molecule has 0 saturated carbocycles. The van der Waals surface area contributed by atoms with Crippen molar-refractivity contribution in [3.63, 3.8) is 0 Å². The molecule has 0 unspecified atom stereocenters. The first-order valence-electron chi connectivity index (χ1n) is 6.74. The fraction of sp³-hybridized carbons (Fsp3) is 0.615. The third-order valence-corrected chi connectivity index (χ3v) is 6.21. The number of esters is 1. The minimum Gasteiger partial charge on any atom is -0.465 e. The lowest BCUT2D eigenvalue weighted by Crippen LogP contribution is -2.42. The number of hydrogen-bond donors (Lipinski definition) is 2. The highest BCUT2D eigenvalue weighted by molar-refractivity contribution is 7.89. The number of carbonyl (C=O) groups is 1. The second kappa shape index (κ2) is 7.74. The van der Waals surface area contributed by atoms with E-state index in [1.165, 1.54) is 18.6 Å². The largest absolute Gasteiger partial charge is 0.465 e. The molecule has 1 fully saturated rings. The molecule has 0 bridgehead atoms. The predicted molar refractivity (Wildman–Crippen MR) is 88.3 cm³/mol. The SMILES string of the molecule is COC(=O)c1cc(S(=O)(=O)NCC2(C)CCNCC2)cs1.Cl. The van der Waals surface area contributed by atoms with Crippen molar-refractivity contribution in [3.8, 4) is 0 Å². The van der Waals surface area contributed by atoms with Crippen molar-refractivity contribution in [2.45, 2.75) is 24.7 Å². The molecule has 1 aromatic rings. The Bertz CT molecular complexity index is 609. The van der Waals surface area contributed by atoms with E-state index in [4.69, 9.17) is 0 Å². The van der Waals surface area contributed by atoms with Crippen molar-refractivity contribution in [1.82, 2.24) is 10.0 Å². The normalized spacial score (nSPS) is 17.5. The number of halogens is 1. The molecule has 0 radical (unpaired) electrons. The Morgan fingerprint density at radius 2 is 2.09 bits per heavy atom. The first-order valence-corrected chi connectivity index (χ1v) is 9.10. The summed E-state index contributed by atoms with van der Waals surface area (Å²) in [6, 6.07) is 1.35. The fourth-order valence-electron chi connectivity index (χ4n) is 2.23. The number of sulfonamides is 1. The van der Waals surface area contributed by atoms with E-state index in [2.05, 4.69) is 21.7 Å². The zero-order valence-corrected chi connectivity index (χ0v) is 15.0. The van der Waals surface area contributed by atoms with Gasteiger partial charge in [-0.3, -0.25) is 0 Å². The van der Waals surface area contributed by atoms with Crippen LogP contribution in [-0.4, -0.2) is 41.1 Å². The first-order chi connectivity index (χ1) is 9.86. The topological polar surface area (TPSA) is 84.5 Å². The van der Waals surface area contributed by atoms with Gasteiger partial charge in [0.05, 0.1) is 12.0 Å². The minimum absolute atomic E-state index is 0. The number of rotatable bonds is 5. The summed E-state index contributed by atoms with van der Waals surface area (Å²) in [7, 11) is -2.32. The number of nitrogens with one attached hydrogen (secondary N) is 2. The minimum atomic E-state index is -3.59. The first kappa shape index (κ1) is 19.4. The zero-order valence-electron chi connectivity index (χ0n) is 12.5. The molecule has 0 aliphatic carbocycles. The molecule has 1 aromatic heterocycles. The van der Waals surface area contributed by atoms with Gasteiger partial charge in [0.25, 0.3) is 0 Å². The lowest BCUT2D eigenvalue weighted by molar-refractivity contribution is 0.0606. The standard InChI is InChI=1S/C13H20N2O4S2.ClH/c1-13(3-5-14-6-4-13)9-15-21(17,18)10-7-11(20-8-10)12(16)19-2;/h7-8,14-15H,3-6,9H2,1-2H3;1H. The van der Waals surface area contributed by atoms with E-state index in [1.807, 2.05) is 0 Å². The number of ether oxygens (including phenoxy) is 1. The maximum atomic E-state index is 12.3.